The van der Waals surface area contributed by atoms with Crippen molar-refractivity contribution >= 4 is 11.6 Å². The molecule has 26 heavy (non-hydrogen) atoms. The van der Waals surface area contributed by atoms with Crippen molar-refractivity contribution in [2.75, 3.05) is 25.6 Å². The molecule has 0 spiro atoms. The van der Waals surface area contributed by atoms with Crippen LogP contribution in [0.3, 0.4) is 0 Å². The van der Waals surface area contributed by atoms with Crippen molar-refractivity contribution in [1.82, 2.24) is 4.90 Å². The number of methoxy groups -OCH3 is 1. The Kier molecular flexibility index (Phi) is 3.45. The van der Waals surface area contributed by atoms with E-state index in [1.165, 1.54) is 0 Å². The van der Waals surface area contributed by atoms with Gasteiger partial charge in [-0.25, -0.2) is 0 Å². The normalized spacial score (nSPS) is 21.0. The molecule has 6 heteroatoms. The molecule has 1 saturated carbocycles. The standard InChI is InChI=1S/C20H20N2O4/c1-24-16-10-12(11-17-18(16)26-9-8-25-17)19-21-15-5-3-2-4-14(15)20(23)22(19)13-6-7-13/h2-5,10-11,13,19,21H,6-9H2,1H3/t19-/m0/s1. The summed E-state index contributed by atoms with van der Waals surface area (Å²) in [6, 6.07) is 11.8. The van der Waals surface area contributed by atoms with E-state index in [1.807, 2.05) is 41.3 Å². The molecular weight excluding hydrogens is 332 g/mol. The van der Waals surface area contributed by atoms with Crippen LogP contribution in [0.1, 0.15) is 34.9 Å². The van der Waals surface area contributed by atoms with E-state index >= 15 is 0 Å². The lowest BCUT2D eigenvalue weighted by Gasteiger charge is -2.38. The molecule has 0 unspecified atom stereocenters. The summed E-state index contributed by atoms with van der Waals surface area (Å²) in [7, 11) is 1.62. The molecule has 2 aromatic rings. The Morgan fingerprint density at radius 2 is 1.96 bits per heavy atom. The van der Waals surface area contributed by atoms with Gasteiger partial charge in [-0.05, 0) is 37.1 Å². The van der Waals surface area contributed by atoms with Gasteiger partial charge in [-0.1, -0.05) is 12.1 Å². The monoisotopic (exact) mass is 352 g/mol. The third kappa shape index (κ3) is 2.36. The number of nitrogens with one attached hydrogen (secondary N) is 1. The highest BCUT2D eigenvalue weighted by molar-refractivity contribution is 6.02. The summed E-state index contributed by atoms with van der Waals surface area (Å²) in [6.07, 6.45) is 1.82. The van der Waals surface area contributed by atoms with Gasteiger partial charge in [0.05, 0.1) is 12.7 Å². The zero-order chi connectivity index (χ0) is 17.7. The van der Waals surface area contributed by atoms with E-state index in [0.29, 0.717) is 30.5 Å². The number of hydrogen-bond acceptors (Lipinski definition) is 5. The lowest BCUT2D eigenvalue weighted by Crippen LogP contribution is -2.44. The Morgan fingerprint density at radius 1 is 1.15 bits per heavy atom. The van der Waals surface area contributed by atoms with E-state index in [4.69, 9.17) is 14.2 Å². The average molecular weight is 352 g/mol. The Bertz CT molecular complexity index is 861. The predicted molar refractivity (Wildman–Crippen MR) is 96.0 cm³/mol. The topological polar surface area (TPSA) is 60.0 Å². The summed E-state index contributed by atoms with van der Waals surface area (Å²) in [6.45, 7) is 1.01. The molecule has 5 rings (SSSR count). The van der Waals surface area contributed by atoms with Crippen molar-refractivity contribution in [3.63, 3.8) is 0 Å². The second kappa shape index (κ2) is 5.83. The summed E-state index contributed by atoms with van der Waals surface area (Å²) >= 11 is 0. The van der Waals surface area contributed by atoms with E-state index < -0.39 is 0 Å². The molecule has 2 heterocycles. The second-order valence-corrected chi connectivity index (χ2v) is 6.78. The number of nitrogens with zero attached hydrogens (tertiary/aromatic N) is 1. The third-order valence-corrected chi connectivity index (χ3v) is 5.07. The summed E-state index contributed by atoms with van der Waals surface area (Å²) in [5.41, 5.74) is 2.51. The average Bonchev–Trinajstić information content (AvgIpc) is 3.52. The number of carbonyl (C=O) groups excluding carboxylic acids is 1. The van der Waals surface area contributed by atoms with Crippen molar-refractivity contribution < 1.29 is 19.0 Å². The van der Waals surface area contributed by atoms with Crippen LogP contribution in [0.15, 0.2) is 36.4 Å². The maximum Gasteiger partial charge on any atom is 0.258 e. The number of anilines is 1. The number of rotatable bonds is 3. The fourth-order valence-electron chi connectivity index (χ4n) is 3.69. The minimum atomic E-state index is -0.255. The van der Waals surface area contributed by atoms with Crippen LogP contribution in [0.5, 0.6) is 17.2 Å². The zero-order valence-electron chi connectivity index (χ0n) is 14.5. The van der Waals surface area contributed by atoms with Crippen LogP contribution in [0.4, 0.5) is 5.69 Å². The lowest BCUT2D eigenvalue weighted by molar-refractivity contribution is 0.0665. The van der Waals surface area contributed by atoms with Crippen LogP contribution in [0.2, 0.25) is 0 Å². The van der Waals surface area contributed by atoms with Gasteiger partial charge in [0, 0.05) is 17.3 Å². The van der Waals surface area contributed by atoms with E-state index in [9.17, 15) is 4.79 Å². The number of hydrogen-bond donors (Lipinski definition) is 1. The molecule has 0 aromatic heterocycles. The molecule has 0 radical (unpaired) electrons. The van der Waals surface area contributed by atoms with Crippen molar-refractivity contribution in [3.05, 3.63) is 47.5 Å². The van der Waals surface area contributed by atoms with Gasteiger partial charge in [0.2, 0.25) is 5.75 Å². The number of amides is 1. The highest BCUT2D eigenvalue weighted by Gasteiger charge is 2.42. The molecule has 3 aliphatic rings. The first-order valence-electron chi connectivity index (χ1n) is 8.92. The van der Waals surface area contributed by atoms with E-state index in [0.717, 1.165) is 29.7 Å². The second-order valence-electron chi connectivity index (χ2n) is 6.78. The molecule has 1 aliphatic carbocycles. The molecule has 134 valence electrons. The third-order valence-electron chi connectivity index (χ3n) is 5.07. The minimum Gasteiger partial charge on any atom is -0.493 e. The maximum atomic E-state index is 13.1. The number of ether oxygens (including phenoxy) is 3. The zero-order valence-corrected chi connectivity index (χ0v) is 14.5. The van der Waals surface area contributed by atoms with Gasteiger partial charge >= 0.3 is 0 Å². The van der Waals surface area contributed by atoms with Crippen LogP contribution in [-0.2, 0) is 0 Å². The van der Waals surface area contributed by atoms with Crippen LogP contribution in [0, 0.1) is 0 Å². The van der Waals surface area contributed by atoms with Crippen molar-refractivity contribution in [1.29, 1.82) is 0 Å². The molecule has 2 aliphatic heterocycles. The Morgan fingerprint density at radius 3 is 2.77 bits per heavy atom. The van der Waals surface area contributed by atoms with Crippen molar-refractivity contribution in [3.8, 4) is 17.2 Å². The lowest BCUT2D eigenvalue weighted by atomic mass is 10.0. The van der Waals surface area contributed by atoms with Gasteiger partial charge < -0.3 is 24.4 Å². The van der Waals surface area contributed by atoms with E-state index in [2.05, 4.69) is 5.32 Å². The highest BCUT2D eigenvalue weighted by Crippen LogP contribution is 2.46. The van der Waals surface area contributed by atoms with E-state index in [-0.39, 0.29) is 18.1 Å². The fraction of sp³-hybridized carbons (Fsp3) is 0.350. The van der Waals surface area contributed by atoms with Crippen LogP contribution in [-0.4, -0.2) is 37.2 Å². The molecule has 0 saturated heterocycles. The number of benzene rings is 2. The first-order valence-corrected chi connectivity index (χ1v) is 8.92. The first-order chi connectivity index (χ1) is 12.8. The van der Waals surface area contributed by atoms with Crippen LogP contribution >= 0.6 is 0 Å². The summed E-state index contributed by atoms with van der Waals surface area (Å²) in [4.78, 5) is 15.1. The molecule has 1 amide bonds. The molecule has 0 bridgehead atoms. The largest absolute Gasteiger partial charge is 0.493 e. The van der Waals surface area contributed by atoms with E-state index in [1.54, 1.807) is 7.11 Å². The number of para-hydroxylation sites is 1. The van der Waals surface area contributed by atoms with Gasteiger partial charge in [-0.3, -0.25) is 4.79 Å². The molecular formula is C20H20N2O4. The summed E-state index contributed by atoms with van der Waals surface area (Å²) < 4.78 is 17.0. The van der Waals surface area contributed by atoms with Crippen molar-refractivity contribution in [2.45, 2.75) is 25.0 Å². The van der Waals surface area contributed by atoms with Crippen LogP contribution in [0.25, 0.3) is 0 Å². The number of fused-ring (bicyclic) bond motifs is 2. The Labute approximate surface area is 151 Å². The minimum absolute atomic E-state index is 0.0701. The van der Waals surface area contributed by atoms with Gasteiger partial charge in [-0.15, -0.1) is 0 Å². The quantitative estimate of drug-likeness (QED) is 0.919. The fourth-order valence-corrected chi connectivity index (χ4v) is 3.69. The van der Waals surface area contributed by atoms with Gasteiger partial charge in [0.15, 0.2) is 11.5 Å². The Balaban J connectivity index is 1.61. The van der Waals surface area contributed by atoms with Crippen molar-refractivity contribution in [2.24, 2.45) is 0 Å². The first kappa shape index (κ1) is 15.4. The molecule has 1 atom stereocenters. The summed E-state index contributed by atoms with van der Waals surface area (Å²) in [5, 5.41) is 3.53. The smallest absolute Gasteiger partial charge is 0.258 e. The Hall–Kier alpha value is -2.89. The van der Waals surface area contributed by atoms with Gasteiger partial charge in [0.1, 0.15) is 19.4 Å². The molecule has 1 N–H and O–H groups in total. The molecule has 6 nitrogen and oxygen atoms in total. The molecule has 2 aromatic carbocycles. The van der Waals surface area contributed by atoms with Crippen LogP contribution < -0.4 is 19.5 Å². The maximum absolute atomic E-state index is 13.1. The van der Waals surface area contributed by atoms with Gasteiger partial charge in [0.25, 0.3) is 5.91 Å². The molecule has 1 fully saturated rings. The number of carbonyl (C=O) groups is 1. The summed E-state index contributed by atoms with van der Waals surface area (Å²) in [5.74, 6) is 1.99. The highest BCUT2D eigenvalue weighted by atomic mass is 16.6. The SMILES string of the molecule is COc1cc([C@H]2Nc3ccccc3C(=O)N2C2CC2)cc2c1OCCO2. The van der Waals surface area contributed by atoms with Gasteiger partial charge in [-0.2, -0.15) is 0 Å². The predicted octanol–water partition coefficient (Wildman–Crippen LogP) is 3.20.